The highest BCUT2D eigenvalue weighted by Crippen LogP contribution is 2.28. The summed E-state index contributed by atoms with van der Waals surface area (Å²) in [6.45, 7) is 0. The topological polar surface area (TPSA) is 109 Å². The number of anilines is 3. The number of nitrogens with zero attached hydrogens (tertiary/aromatic N) is 4. The van der Waals surface area contributed by atoms with Gasteiger partial charge in [0.1, 0.15) is 17.7 Å². The van der Waals surface area contributed by atoms with E-state index >= 15 is 0 Å². The molecule has 1 aromatic carbocycles. The minimum Gasteiger partial charge on any atom is -0.383 e. The number of hydrogen-bond acceptors (Lipinski definition) is 6. The smallest absolute Gasteiger partial charge is 0.276 e. The Hall–Kier alpha value is -3.14. The molecule has 2 rings (SSSR count). The molecule has 0 aliphatic rings. The summed E-state index contributed by atoms with van der Waals surface area (Å²) in [6.07, 6.45) is 0. The van der Waals surface area contributed by atoms with Crippen LogP contribution in [-0.2, 0) is 0 Å². The van der Waals surface area contributed by atoms with Crippen LogP contribution in [0.5, 0.6) is 0 Å². The molecule has 0 saturated heterocycles. The Morgan fingerprint density at radius 1 is 1.40 bits per heavy atom. The Kier molecular flexibility index (Phi) is 3.48. The number of rotatable bonds is 3. The van der Waals surface area contributed by atoms with Crippen LogP contribution in [0.15, 0.2) is 36.4 Å². The molecular formula is C13H11N5O2. The number of pyridine rings is 1. The highest BCUT2D eigenvalue weighted by atomic mass is 16.6. The highest BCUT2D eigenvalue weighted by molar-refractivity contribution is 5.68. The molecule has 0 amide bonds. The zero-order valence-corrected chi connectivity index (χ0v) is 10.6. The maximum absolute atomic E-state index is 10.8. The van der Waals surface area contributed by atoms with Crippen LogP contribution in [0.4, 0.5) is 23.0 Å². The van der Waals surface area contributed by atoms with Gasteiger partial charge in [0.05, 0.1) is 28.3 Å². The van der Waals surface area contributed by atoms with Crippen LogP contribution in [0.3, 0.4) is 0 Å². The summed E-state index contributed by atoms with van der Waals surface area (Å²) >= 11 is 0. The molecule has 0 unspecified atom stereocenters. The number of nitrogens with two attached hydrogens (primary N) is 1. The van der Waals surface area contributed by atoms with Crippen molar-refractivity contribution >= 4 is 23.0 Å². The zero-order chi connectivity index (χ0) is 14.7. The third-order valence-electron chi connectivity index (χ3n) is 2.76. The lowest BCUT2D eigenvalue weighted by Crippen LogP contribution is -2.13. The lowest BCUT2D eigenvalue weighted by atomic mass is 10.2. The van der Waals surface area contributed by atoms with Crippen LogP contribution < -0.4 is 10.6 Å². The molecule has 7 heteroatoms. The molecule has 0 fully saturated rings. The SMILES string of the molecule is CN(c1cc([N+](=O)[O-])cc(N)n1)c1ccccc1C#N. The maximum atomic E-state index is 10.8. The van der Waals surface area contributed by atoms with Gasteiger partial charge in [-0.25, -0.2) is 4.98 Å². The van der Waals surface area contributed by atoms with E-state index in [0.717, 1.165) is 0 Å². The van der Waals surface area contributed by atoms with Gasteiger partial charge in [-0.15, -0.1) is 0 Å². The first-order valence-electron chi connectivity index (χ1n) is 5.67. The first-order valence-corrected chi connectivity index (χ1v) is 5.67. The molecule has 0 radical (unpaired) electrons. The molecule has 2 N–H and O–H groups in total. The van der Waals surface area contributed by atoms with Gasteiger partial charge in [-0.3, -0.25) is 10.1 Å². The van der Waals surface area contributed by atoms with Crippen molar-refractivity contribution in [2.75, 3.05) is 17.7 Å². The molecule has 0 saturated carbocycles. The molecule has 0 atom stereocenters. The lowest BCUT2D eigenvalue weighted by molar-refractivity contribution is -0.384. The second-order valence-corrected chi connectivity index (χ2v) is 4.05. The van der Waals surface area contributed by atoms with Crippen LogP contribution >= 0.6 is 0 Å². The molecule has 7 nitrogen and oxygen atoms in total. The standard InChI is InChI=1S/C13H11N5O2/c1-17(11-5-3-2-4-9(11)8-14)13-7-10(18(19)20)6-12(15)16-13/h2-7H,1H3,(H2,15,16). The average molecular weight is 269 g/mol. The summed E-state index contributed by atoms with van der Waals surface area (Å²) in [6, 6.07) is 11.5. The number of nitrogen functional groups attached to an aromatic ring is 1. The number of para-hydroxylation sites is 1. The van der Waals surface area contributed by atoms with E-state index < -0.39 is 4.92 Å². The summed E-state index contributed by atoms with van der Waals surface area (Å²) in [4.78, 5) is 15.9. The number of nitriles is 1. The molecule has 1 heterocycles. The van der Waals surface area contributed by atoms with E-state index in [1.165, 1.54) is 12.1 Å². The van der Waals surface area contributed by atoms with Crippen molar-refractivity contribution in [1.82, 2.24) is 4.98 Å². The molecule has 20 heavy (non-hydrogen) atoms. The lowest BCUT2D eigenvalue weighted by Gasteiger charge is -2.19. The van der Waals surface area contributed by atoms with Gasteiger partial charge in [-0.1, -0.05) is 12.1 Å². The average Bonchev–Trinajstić information content (AvgIpc) is 2.45. The fraction of sp³-hybridized carbons (Fsp3) is 0.0769. The van der Waals surface area contributed by atoms with Crippen molar-refractivity contribution in [3.05, 3.63) is 52.1 Å². The van der Waals surface area contributed by atoms with E-state index in [9.17, 15) is 10.1 Å². The van der Waals surface area contributed by atoms with E-state index in [4.69, 9.17) is 11.0 Å². The van der Waals surface area contributed by atoms with Crippen LogP contribution in [0, 0.1) is 21.4 Å². The van der Waals surface area contributed by atoms with Crippen molar-refractivity contribution in [1.29, 1.82) is 5.26 Å². The molecule has 0 bridgehead atoms. The van der Waals surface area contributed by atoms with Gasteiger partial charge >= 0.3 is 0 Å². The van der Waals surface area contributed by atoms with E-state index in [1.807, 2.05) is 0 Å². The first kappa shape index (κ1) is 13.3. The number of hydrogen-bond donors (Lipinski definition) is 1. The van der Waals surface area contributed by atoms with Gasteiger partial charge in [0.2, 0.25) is 0 Å². The first-order chi connectivity index (χ1) is 9.52. The largest absolute Gasteiger partial charge is 0.383 e. The summed E-state index contributed by atoms with van der Waals surface area (Å²) in [5.41, 5.74) is 6.48. The number of nitro groups is 1. The van der Waals surface area contributed by atoms with E-state index in [0.29, 0.717) is 17.1 Å². The highest BCUT2D eigenvalue weighted by Gasteiger charge is 2.15. The van der Waals surface area contributed by atoms with Crippen LogP contribution in [0.2, 0.25) is 0 Å². The molecular weight excluding hydrogens is 258 g/mol. The second kappa shape index (κ2) is 5.24. The minimum absolute atomic E-state index is 0.0514. The van der Waals surface area contributed by atoms with E-state index in [1.54, 1.807) is 36.2 Å². The Morgan fingerprint density at radius 3 is 2.75 bits per heavy atom. The molecule has 100 valence electrons. The third kappa shape index (κ3) is 2.49. The summed E-state index contributed by atoms with van der Waals surface area (Å²) in [5, 5.41) is 19.9. The molecule has 0 spiro atoms. The Balaban J connectivity index is 2.51. The van der Waals surface area contributed by atoms with Gasteiger partial charge in [0, 0.05) is 7.05 Å². The predicted octanol–water partition coefficient (Wildman–Crippen LogP) is 2.21. The summed E-state index contributed by atoms with van der Waals surface area (Å²) in [5.74, 6) is 0.356. The van der Waals surface area contributed by atoms with Crippen molar-refractivity contribution in [2.45, 2.75) is 0 Å². The van der Waals surface area contributed by atoms with Gasteiger partial charge < -0.3 is 10.6 Å². The van der Waals surface area contributed by atoms with Gasteiger partial charge in [-0.2, -0.15) is 5.26 Å². The fourth-order valence-corrected chi connectivity index (χ4v) is 1.78. The second-order valence-electron chi connectivity index (χ2n) is 4.05. The minimum atomic E-state index is -0.536. The van der Waals surface area contributed by atoms with Gasteiger partial charge in [0.25, 0.3) is 5.69 Å². The Morgan fingerprint density at radius 2 is 2.10 bits per heavy atom. The predicted molar refractivity (Wildman–Crippen MR) is 74.5 cm³/mol. The van der Waals surface area contributed by atoms with Gasteiger partial charge in [0.15, 0.2) is 0 Å². The van der Waals surface area contributed by atoms with Crippen LogP contribution in [0.25, 0.3) is 0 Å². The van der Waals surface area contributed by atoms with Gasteiger partial charge in [-0.05, 0) is 12.1 Å². The van der Waals surface area contributed by atoms with Crippen LogP contribution in [0.1, 0.15) is 5.56 Å². The fourth-order valence-electron chi connectivity index (χ4n) is 1.78. The third-order valence-corrected chi connectivity index (χ3v) is 2.76. The van der Waals surface area contributed by atoms with Crippen molar-refractivity contribution < 1.29 is 4.92 Å². The van der Waals surface area contributed by atoms with Crippen LogP contribution in [-0.4, -0.2) is 17.0 Å². The number of benzene rings is 1. The van der Waals surface area contributed by atoms with Crippen molar-refractivity contribution in [2.24, 2.45) is 0 Å². The molecule has 1 aromatic heterocycles. The van der Waals surface area contributed by atoms with Crippen molar-refractivity contribution in [3.63, 3.8) is 0 Å². The maximum Gasteiger partial charge on any atom is 0.276 e. The summed E-state index contributed by atoms with van der Waals surface area (Å²) in [7, 11) is 1.67. The monoisotopic (exact) mass is 269 g/mol. The Bertz CT molecular complexity index is 708. The Labute approximate surface area is 115 Å². The number of aromatic nitrogens is 1. The quantitative estimate of drug-likeness (QED) is 0.675. The molecule has 0 aliphatic heterocycles. The summed E-state index contributed by atoms with van der Waals surface area (Å²) < 4.78 is 0. The van der Waals surface area contributed by atoms with E-state index in [2.05, 4.69) is 11.1 Å². The van der Waals surface area contributed by atoms with E-state index in [-0.39, 0.29) is 11.5 Å². The molecule has 0 aliphatic carbocycles. The van der Waals surface area contributed by atoms with Crippen molar-refractivity contribution in [3.8, 4) is 6.07 Å². The normalized spacial score (nSPS) is 9.80. The molecule has 2 aromatic rings. The zero-order valence-electron chi connectivity index (χ0n) is 10.6.